The lowest BCUT2D eigenvalue weighted by atomic mass is 9.90. The third-order valence-electron chi connectivity index (χ3n) is 5.76. The van der Waals surface area contributed by atoms with Crippen molar-refractivity contribution in [3.05, 3.63) is 48.0 Å². The molecular formula is C23H27F3N2O3. The predicted octanol–water partition coefficient (Wildman–Crippen LogP) is 4.75. The lowest BCUT2D eigenvalue weighted by Crippen LogP contribution is -2.40. The van der Waals surface area contributed by atoms with E-state index in [2.05, 4.69) is 10.1 Å². The second-order valence-electron chi connectivity index (χ2n) is 7.67. The number of nitrogens with zero attached hydrogens (tertiary/aromatic N) is 1. The average Bonchev–Trinajstić information content (AvgIpc) is 2.77. The highest BCUT2D eigenvalue weighted by atomic mass is 19.4. The molecular weight excluding hydrogens is 409 g/mol. The van der Waals surface area contributed by atoms with Gasteiger partial charge in [0.05, 0.1) is 7.11 Å². The normalized spacial score (nSPS) is 19.0. The molecule has 0 radical (unpaired) electrons. The Hall–Kier alpha value is -2.74. The maximum atomic E-state index is 12.4. The zero-order valence-electron chi connectivity index (χ0n) is 17.6. The quantitative estimate of drug-likeness (QED) is 0.607. The zero-order valence-corrected chi connectivity index (χ0v) is 17.6. The van der Waals surface area contributed by atoms with Gasteiger partial charge < -0.3 is 19.7 Å². The van der Waals surface area contributed by atoms with E-state index in [0.717, 1.165) is 48.8 Å². The number of benzene rings is 2. The van der Waals surface area contributed by atoms with Gasteiger partial charge in [-0.25, -0.2) is 0 Å². The average molecular weight is 436 g/mol. The second kappa shape index (κ2) is 10.0. The Kier molecular flexibility index (Phi) is 7.43. The molecule has 31 heavy (non-hydrogen) atoms. The van der Waals surface area contributed by atoms with E-state index in [0.29, 0.717) is 18.3 Å². The van der Waals surface area contributed by atoms with Crippen molar-refractivity contribution < 1.29 is 27.4 Å². The van der Waals surface area contributed by atoms with Gasteiger partial charge in [0, 0.05) is 24.2 Å². The van der Waals surface area contributed by atoms with Crippen LogP contribution in [0.5, 0.6) is 11.5 Å². The first-order chi connectivity index (χ1) is 14.8. The number of hydrogen-bond acceptors (Lipinski definition) is 4. The van der Waals surface area contributed by atoms with Crippen LogP contribution in [0.25, 0.3) is 11.1 Å². The number of carbonyl (C=O) groups excluding carboxylic acids is 1. The minimum atomic E-state index is -4.72. The first-order valence-electron chi connectivity index (χ1n) is 10.2. The molecule has 2 aromatic carbocycles. The summed E-state index contributed by atoms with van der Waals surface area (Å²) in [5, 5.41) is 3.29. The largest absolute Gasteiger partial charge is 0.573 e. The molecule has 0 aliphatic heterocycles. The SMILES string of the molecule is CNC1CCC(N(C=O)Cc2cc(-c3ccc(OC(F)(F)F)cc3)ccc2OC)CC1. The maximum absolute atomic E-state index is 12.4. The van der Waals surface area contributed by atoms with E-state index >= 15 is 0 Å². The minimum absolute atomic E-state index is 0.175. The molecule has 0 saturated heterocycles. The van der Waals surface area contributed by atoms with Crippen LogP contribution in [0.2, 0.25) is 0 Å². The van der Waals surface area contributed by atoms with E-state index in [9.17, 15) is 18.0 Å². The number of amides is 1. The molecule has 1 saturated carbocycles. The van der Waals surface area contributed by atoms with Crippen molar-refractivity contribution in [2.24, 2.45) is 0 Å². The molecule has 0 aromatic heterocycles. The van der Waals surface area contributed by atoms with Crippen LogP contribution < -0.4 is 14.8 Å². The van der Waals surface area contributed by atoms with Crippen LogP contribution >= 0.6 is 0 Å². The van der Waals surface area contributed by atoms with Crippen molar-refractivity contribution in [1.82, 2.24) is 10.2 Å². The molecule has 1 aliphatic rings. The monoisotopic (exact) mass is 436 g/mol. The molecule has 0 atom stereocenters. The van der Waals surface area contributed by atoms with Gasteiger partial charge in [-0.15, -0.1) is 13.2 Å². The topological polar surface area (TPSA) is 50.8 Å². The van der Waals surface area contributed by atoms with E-state index in [-0.39, 0.29) is 11.8 Å². The predicted molar refractivity (Wildman–Crippen MR) is 112 cm³/mol. The lowest BCUT2D eigenvalue weighted by molar-refractivity contribution is -0.274. The van der Waals surface area contributed by atoms with E-state index in [1.54, 1.807) is 19.2 Å². The lowest BCUT2D eigenvalue weighted by Gasteiger charge is -2.35. The van der Waals surface area contributed by atoms with Crippen molar-refractivity contribution in [3.63, 3.8) is 0 Å². The number of nitrogens with one attached hydrogen (secondary N) is 1. The molecule has 168 valence electrons. The van der Waals surface area contributed by atoms with Crippen LogP contribution in [0.4, 0.5) is 13.2 Å². The van der Waals surface area contributed by atoms with Gasteiger partial charge in [-0.05, 0) is 68.1 Å². The Bertz CT molecular complexity index is 863. The fraction of sp³-hybridized carbons (Fsp3) is 0.435. The first-order valence-corrected chi connectivity index (χ1v) is 10.2. The fourth-order valence-electron chi connectivity index (χ4n) is 4.08. The molecule has 3 rings (SSSR count). The van der Waals surface area contributed by atoms with Gasteiger partial charge >= 0.3 is 6.36 Å². The van der Waals surface area contributed by atoms with E-state index in [1.807, 2.05) is 30.1 Å². The highest BCUT2D eigenvalue weighted by molar-refractivity contribution is 5.66. The molecule has 8 heteroatoms. The summed E-state index contributed by atoms with van der Waals surface area (Å²) in [6.45, 7) is 0.407. The van der Waals surface area contributed by atoms with Gasteiger partial charge in [0.1, 0.15) is 11.5 Å². The third-order valence-corrected chi connectivity index (χ3v) is 5.76. The highest BCUT2D eigenvalue weighted by Gasteiger charge is 2.31. The fourth-order valence-corrected chi connectivity index (χ4v) is 4.08. The highest BCUT2D eigenvalue weighted by Crippen LogP contribution is 2.31. The van der Waals surface area contributed by atoms with Gasteiger partial charge in [0.25, 0.3) is 0 Å². The number of carbonyl (C=O) groups is 1. The summed E-state index contributed by atoms with van der Waals surface area (Å²) in [4.78, 5) is 13.6. The van der Waals surface area contributed by atoms with Crippen LogP contribution in [0.3, 0.4) is 0 Å². The minimum Gasteiger partial charge on any atom is -0.496 e. The third kappa shape index (κ3) is 6.13. The van der Waals surface area contributed by atoms with Gasteiger partial charge in [-0.2, -0.15) is 0 Å². The summed E-state index contributed by atoms with van der Waals surface area (Å²) in [6.07, 6.45) is 0.0864. The summed E-state index contributed by atoms with van der Waals surface area (Å²) >= 11 is 0. The molecule has 1 N–H and O–H groups in total. The van der Waals surface area contributed by atoms with Gasteiger partial charge in [-0.3, -0.25) is 4.79 Å². The summed E-state index contributed by atoms with van der Waals surface area (Å²) in [5.74, 6) is 0.394. The number of rotatable bonds is 8. The Morgan fingerprint density at radius 3 is 2.26 bits per heavy atom. The van der Waals surface area contributed by atoms with E-state index in [4.69, 9.17) is 4.74 Å². The molecule has 0 spiro atoms. The number of ether oxygens (including phenoxy) is 2. The molecule has 2 aromatic rings. The van der Waals surface area contributed by atoms with Crippen molar-refractivity contribution in [3.8, 4) is 22.6 Å². The van der Waals surface area contributed by atoms with Gasteiger partial charge in [0.15, 0.2) is 0 Å². The van der Waals surface area contributed by atoms with E-state index in [1.165, 1.54) is 12.1 Å². The van der Waals surface area contributed by atoms with Crippen molar-refractivity contribution in [1.29, 1.82) is 0 Å². The Morgan fingerprint density at radius 2 is 1.71 bits per heavy atom. The van der Waals surface area contributed by atoms with E-state index < -0.39 is 6.36 Å². The maximum Gasteiger partial charge on any atom is 0.573 e. The number of hydrogen-bond donors (Lipinski definition) is 1. The van der Waals surface area contributed by atoms with Gasteiger partial charge in [-0.1, -0.05) is 18.2 Å². The molecule has 1 aliphatic carbocycles. The Labute approximate surface area is 180 Å². The number of alkyl halides is 3. The second-order valence-corrected chi connectivity index (χ2v) is 7.67. The molecule has 5 nitrogen and oxygen atoms in total. The summed E-state index contributed by atoms with van der Waals surface area (Å²) in [6, 6.07) is 11.9. The van der Waals surface area contributed by atoms with Crippen molar-refractivity contribution in [2.45, 2.75) is 50.7 Å². The molecule has 0 unspecified atom stereocenters. The van der Waals surface area contributed by atoms with Crippen LogP contribution in [0.1, 0.15) is 31.2 Å². The smallest absolute Gasteiger partial charge is 0.496 e. The van der Waals surface area contributed by atoms with Crippen molar-refractivity contribution in [2.75, 3.05) is 14.2 Å². The van der Waals surface area contributed by atoms with Crippen LogP contribution in [-0.4, -0.2) is 43.9 Å². The summed E-state index contributed by atoms with van der Waals surface area (Å²) in [7, 11) is 3.53. The van der Waals surface area contributed by atoms with Gasteiger partial charge in [0.2, 0.25) is 6.41 Å². The zero-order chi connectivity index (χ0) is 22.4. The molecule has 0 bridgehead atoms. The first kappa shape index (κ1) is 22.9. The summed E-state index contributed by atoms with van der Waals surface area (Å²) in [5.41, 5.74) is 2.41. The Morgan fingerprint density at radius 1 is 1.06 bits per heavy atom. The molecule has 1 fully saturated rings. The van der Waals surface area contributed by atoms with Crippen molar-refractivity contribution >= 4 is 6.41 Å². The van der Waals surface area contributed by atoms with Crippen LogP contribution in [0, 0.1) is 0 Å². The Balaban J connectivity index is 1.78. The summed E-state index contributed by atoms with van der Waals surface area (Å²) < 4.78 is 46.5. The molecule has 1 amide bonds. The number of halogens is 3. The van der Waals surface area contributed by atoms with Crippen LogP contribution in [0.15, 0.2) is 42.5 Å². The number of methoxy groups -OCH3 is 1. The standard InChI is InChI=1S/C23H27F3N2O3/c1-27-19-6-8-20(9-7-19)28(15-29)14-18-13-17(5-12-22(18)30-2)16-3-10-21(11-4-16)31-23(24,25)26/h3-5,10-13,15,19-20,27H,6-9,14H2,1-2H3. The molecule has 0 heterocycles. The van der Waals surface area contributed by atoms with Crippen LogP contribution in [-0.2, 0) is 11.3 Å².